The zero-order chi connectivity index (χ0) is 14.9. The van der Waals surface area contributed by atoms with E-state index in [0.29, 0.717) is 12.2 Å². The molecule has 0 radical (unpaired) electrons. The highest BCUT2D eigenvalue weighted by Crippen LogP contribution is 2.48. The minimum atomic E-state index is -0.340. The number of aliphatic hydroxyl groups is 1. The quantitative estimate of drug-likeness (QED) is 0.861. The number of nitrogens with zero attached hydrogens (tertiary/aromatic N) is 2. The molecule has 1 saturated heterocycles. The van der Waals surface area contributed by atoms with Gasteiger partial charge in [-0.25, -0.2) is 0 Å². The maximum atomic E-state index is 12.1. The standard InChI is InChI=1S/C15H23N3O3/c1-18-12(3-7-17-18)14(20)16-10-11-2-4-15(13(11)19)5-8-21-9-6-15/h3,7,11,13,19H,2,4-6,8-10H2,1H3,(H,16,20)/t11-,13+/m0/s1. The first-order valence-corrected chi connectivity index (χ1v) is 7.64. The summed E-state index contributed by atoms with van der Waals surface area (Å²) >= 11 is 0. The summed E-state index contributed by atoms with van der Waals surface area (Å²) in [4.78, 5) is 12.1. The zero-order valence-corrected chi connectivity index (χ0v) is 12.4. The van der Waals surface area contributed by atoms with Gasteiger partial charge < -0.3 is 15.2 Å². The molecule has 1 spiro atoms. The van der Waals surface area contributed by atoms with E-state index >= 15 is 0 Å². The van der Waals surface area contributed by atoms with E-state index in [9.17, 15) is 9.90 Å². The highest BCUT2D eigenvalue weighted by molar-refractivity contribution is 5.92. The summed E-state index contributed by atoms with van der Waals surface area (Å²) < 4.78 is 6.97. The number of carbonyl (C=O) groups excluding carboxylic acids is 1. The molecule has 0 aromatic carbocycles. The molecule has 1 aromatic rings. The molecule has 6 nitrogen and oxygen atoms in total. The van der Waals surface area contributed by atoms with Crippen LogP contribution in [0.1, 0.15) is 36.2 Å². The van der Waals surface area contributed by atoms with E-state index in [1.807, 2.05) is 0 Å². The van der Waals surface area contributed by atoms with Gasteiger partial charge in [-0.3, -0.25) is 9.48 Å². The van der Waals surface area contributed by atoms with Crippen LogP contribution in [0.5, 0.6) is 0 Å². The molecular weight excluding hydrogens is 270 g/mol. The Labute approximate surface area is 124 Å². The fourth-order valence-electron chi connectivity index (χ4n) is 3.73. The van der Waals surface area contributed by atoms with E-state index < -0.39 is 0 Å². The minimum Gasteiger partial charge on any atom is -0.392 e. The molecule has 2 heterocycles. The average molecular weight is 293 g/mol. The smallest absolute Gasteiger partial charge is 0.269 e. The molecule has 116 valence electrons. The number of ether oxygens (including phenoxy) is 1. The lowest BCUT2D eigenvalue weighted by molar-refractivity contribution is -0.0555. The predicted molar refractivity (Wildman–Crippen MR) is 76.8 cm³/mol. The number of carbonyl (C=O) groups is 1. The van der Waals surface area contributed by atoms with Crippen molar-refractivity contribution in [2.75, 3.05) is 19.8 Å². The number of aromatic nitrogens is 2. The molecule has 0 bridgehead atoms. The van der Waals surface area contributed by atoms with E-state index in [4.69, 9.17) is 4.74 Å². The summed E-state index contributed by atoms with van der Waals surface area (Å²) in [7, 11) is 1.75. The lowest BCUT2D eigenvalue weighted by Crippen LogP contribution is -2.41. The molecule has 2 aliphatic rings. The topological polar surface area (TPSA) is 76.4 Å². The first kappa shape index (κ1) is 14.5. The zero-order valence-electron chi connectivity index (χ0n) is 12.4. The fourth-order valence-corrected chi connectivity index (χ4v) is 3.73. The van der Waals surface area contributed by atoms with Crippen molar-refractivity contribution >= 4 is 5.91 Å². The van der Waals surface area contributed by atoms with E-state index in [1.165, 1.54) is 0 Å². The summed E-state index contributed by atoms with van der Waals surface area (Å²) in [5.74, 6) is 0.00963. The fraction of sp³-hybridized carbons (Fsp3) is 0.733. The second-order valence-corrected chi connectivity index (χ2v) is 6.27. The summed E-state index contributed by atoms with van der Waals surface area (Å²) in [6.45, 7) is 2.00. The monoisotopic (exact) mass is 293 g/mol. The third-order valence-electron chi connectivity index (χ3n) is 5.15. The number of nitrogens with one attached hydrogen (secondary N) is 1. The molecular formula is C15H23N3O3. The van der Waals surface area contributed by atoms with Gasteiger partial charge in [0.05, 0.1) is 6.10 Å². The van der Waals surface area contributed by atoms with Crippen LogP contribution in [-0.2, 0) is 11.8 Å². The Morgan fingerprint density at radius 1 is 1.52 bits per heavy atom. The molecule has 1 saturated carbocycles. The van der Waals surface area contributed by atoms with E-state index in [1.54, 1.807) is 24.0 Å². The SMILES string of the molecule is Cn1nccc1C(=O)NC[C@@H]1CCC2(CCOCC2)[C@@H]1O. The summed E-state index contributed by atoms with van der Waals surface area (Å²) in [6.07, 6.45) is 5.13. The van der Waals surface area contributed by atoms with Gasteiger partial charge in [-0.05, 0) is 31.7 Å². The van der Waals surface area contributed by atoms with Crippen LogP contribution >= 0.6 is 0 Å². The third kappa shape index (κ3) is 2.70. The second-order valence-electron chi connectivity index (χ2n) is 6.27. The Bertz CT molecular complexity index is 508. The van der Waals surface area contributed by atoms with Crippen molar-refractivity contribution in [3.05, 3.63) is 18.0 Å². The van der Waals surface area contributed by atoms with Crippen molar-refractivity contribution in [1.29, 1.82) is 0 Å². The van der Waals surface area contributed by atoms with Crippen LogP contribution < -0.4 is 5.32 Å². The number of aryl methyl sites for hydroxylation is 1. The molecule has 2 fully saturated rings. The molecule has 6 heteroatoms. The van der Waals surface area contributed by atoms with Crippen molar-refractivity contribution in [2.45, 2.75) is 31.8 Å². The Morgan fingerprint density at radius 3 is 2.95 bits per heavy atom. The van der Waals surface area contributed by atoms with Gasteiger partial charge >= 0.3 is 0 Å². The Morgan fingerprint density at radius 2 is 2.29 bits per heavy atom. The van der Waals surface area contributed by atoms with Crippen LogP contribution in [0.4, 0.5) is 0 Å². The van der Waals surface area contributed by atoms with Gasteiger partial charge in [0, 0.05) is 44.3 Å². The molecule has 2 N–H and O–H groups in total. The van der Waals surface area contributed by atoms with Gasteiger partial charge in [-0.1, -0.05) is 0 Å². The van der Waals surface area contributed by atoms with Crippen molar-refractivity contribution < 1.29 is 14.6 Å². The predicted octanol–water partition coefficient (Wildman–Crippen LogP) is 0.718. The Balaban J connectivity index is 1.57. The van der Waals surface area contributed by atoms with Gasteiger partial charge in [-0.15, -0.1) is 0 Å². The normalized spacial score (nSPS) is 27.9. The van der Waals surface area contributed by atoms with Gasteiger partial charge in [0.2, 0.25) is 0 Å². The number of amides is 1. The highest BCUT2D eigenvalue weighted by Gasteiger charge is 2.48. The molecule has 1 aliphatic heterocycles. The molecule has 1 aliphatic carbocycles. The van der Waals surface area contributed by atoms with Crippen molar-refractivity contribution in [2.24, 2.45) is 18.4 Å². The first-order valence-electron chi connectivity index (χ1n) is 7.64. The number of hydrogen-bond donors (Lipinski definition) is 2. The summed E-state index contributed by atoms with van der Waals surface area (Å²) in [5.41, 5.74) is 0.559. The third-order valence-corrected chi connectivity index (χ3v) is 5.15. The van der Waals surface area contributed by atoms with Crippen LogP contribution in [0.2, 0.25) is 0 Å². The van der Waals surface area contributed by atoms with Crippen LogP contribution in [0.3, 0.4) is 0 Å². The molecule has 1 amide bonds. The van der Waals surface area contributed by atoms with Crippen LogP contribution in [0.25, 0.3) is 0 Å². The number of hydrogen-bond acceptors (Lipinski definition) is 4. The van der Waals surface area contributed by atoms with E-state index in [0.717, 1.165) is 38.9 Å². The molecule has 3 rings (SSSR count). The lowest BCUT2D eigenvalue weighted by Gasteiger charge is -2.37. The van der Waals surface area contributed by atoms with Crippen molar-refractivity contribution in [3.8, 4) is 0 Å². The first-order chi connectivity index (χ1) is 10.1. The lowest BCUT2D eigenvalue weighted by atomic mass is 9.76. The van der Waals surface area contributed by atoms with Gasteiger partial charge in [0.15, 0.2) is 0 Å². The second kappa shape index (κ2) is 5.77. The maximum absolute atomic E-state index is 12.1. The Kier molecular flexibility index (Phi) is 3.99. The maximum Gasteiger partial charge on any atom is 0.269 e. The largest absolute Gasteiger partial charge is 0.392 e. The van der Waals surface area contributed by atoms with Crippen LogP contribution in [0.15, 0.2) is 12.3 Å². The average Bonchev–Trinajstić information content (AvgIpc) is 3.04. The van der Waals surface area contributed by atoms with Crippen LogP contribution in [-0.4, -0.2) is 46.7 Å². The molecule has 21 heavy (non-hydrogen) atoms. The number of rotatable bonds is 3. The van der Waals surface area contributed by atoms with Gasteiger partial charge in [0.25, 0.3) is 5.91 Å². The van der Waals surface area contributed by atoms with Gasteiger partial charge in [-0.2, -0.15) is 5.10 Å². The number of aliphatic hydroxyl groups excluding tert-OH is 1. The van der Waals surface area contributed by atoms with Crippen LogP contribution in [0, 0.1) is 11.3 Å². The van der Waals surface area contributed by atoms with E-state index in [-0.39, 0.29) is 23.3 Å². The minimum absolute atomic E-state index is 0.0141. The van der Waals surface area contributed by atoms with Crippen molar-refractivity contribution in [1.82, 2.24) is 15.1 Å². The van der Waals surface area contributed by atoms with Gasteiger partial charge in [0.1, 0.15) is 5.69 Å². The molecule has 0 unspecified atom stereocenters. The molecule has 1 aromatic heterocycles. The Hall–Kier alpha value is -1.40. The van der Waals surface area contributed by atoms with Crippen molar-refractivity contribution in [3.63, 3.8) is 0 Å². The highest BCUT2D eigenvalue weighted by atomic mass is 16.5. The molecule has 2 atom stereocenters. The summed E-state index contributed by atoms with van der Waals surface area (Å²) in [6, 6.07) is 1.69. The van der Waals surface area contributed by atoms with E-state index in [2.05, 4.69) is 10.4 Å². The summed E-state index contributed by atoms with van der Waals surface area (Å²) in [5, 5.41) is 17.6.